The van der Waals surface area contributed by atoms with Crippen LogP contribution in [-0.4, -0.2) is 34.9 Å². The molecule has 2 amide bonds. The first-order chi connectivity index (χ1) is 11.6. The SMILES string of the molecule is O=C(NCCNC(=O)c1ccccc1Cl)c1ccc2nc[nH]c2c1. The first-order valence-corrected chi connectivity index (χ1v) is 7.77. The molecular weight excluding hydrogens is 328 g/mol. The van der Waals surface area contributed by atoms with Crippen LogP contribution in [0.3, 0.4) is 0 Å². The number of nitrogens with one attached hydrogen (secondary N) is 3. The minimum Gasteiger partial charge on any atom is -0.350 e. The van der Waals surface area contributed by atoms with E-state index in [4.69, 9.17) is 11.6 Å². The summed E-state index contributed by atoms with van der Waals surface area (Å²) >= 11 is 5.96. The third-order valence-corrected chi connectivity index (χ3v) is 3.83. The van der Waals surface area contributed by atoms with Crippen molar-refractivity contribution in [1.82, 2.24) is 20.6 Å². The molecule has 24 heavy (non-hydrogen) atoms. The molecule has 0 aliphatic heterocycles. The van der Waals surface area contributed by atoms with Gasteiger partial charge in [0, 0.05) is 18.7 Å². The van der Waals surface area contributed by atoms with Gasteiger partial charge >= 0.3 is 0 Å². The van der Waals surface area contributed by atoms with Crippen molar-refractivity contribution < 1.29 is 9.59 Å². The Morgan fingerprint density at radius 2 is 1.79 bits per heavy atom. The Hall–Kier alpha value is -2.86. The van der Waals surface area contributed by atoms with E-state index >= 15 is 0 Å². The Morgan fingerprint density at radius 1 is 1.04 bits per heavy atom. The minimum absolute atomic E-state index is 0.210. The van der Waals surface area contributed by atoms with Crippen LogP contribution in [0.4, 0.5) is 0 Å². The topological polar surface area (TPSA) is 86.9 Å². The van der Waals surface area contributed by atoms with Crippen LogP contribution in [-0.2, 0) is 0 Å². The zero-order chi connectivity index (χ0) is 16.9. The third-order valence-electron chi connectivity index (χ3n) is 3.50. The van der Waals surface area contributed by atoms with Gasteiger partial charge in [-0.3, -0.25) is 9.59 Å². The van der Waals surface area contributed by atoms with Crippen molar-refractivity contribution in [2.75, 3.05) is 13.1 Å². The van der Waals surface area contributed by atoms with Gasteiger partial charge in [-0.25, -0.2) is 4.98 Å². The number of carbonyl (C=O) groups excluding carboxylic acids is 2. The fraction of sp³-hybridized carbons (Fsp3) is 0.118. The first-order valence-electron chi connectivity index (χ1n) is 7.39. The summed E-state index contributed by atoms with van der Waals surface area (Å²) in [5.74, 6) is -0.479. The summed E-state index contributed by atoms with van der Waals surface area (Å²) in [5, 5.41) is 5.87. The van der Waals surface area contributed by atoms with E-state index < -0.39 is 0 Å². The van der Waals surface area contributed by atoms with Crippen LogP contribution in [0.1, 0.15) is 20.7 Å². The molecule has 2 aromatic carbocycles. The van der Waals surface area contributed by atoms with Crippen LogP contribution >= 0.6 is 11.6 Å². The second-order valence-corrected chi connectivity index (χ2v) is 5.53. The highest BCUT2D eigenvalue weighted by molar-refractivity contribution is 6.33. The molecule has 122 valence electrons. The fourth-order valence-electron chi connectivity index (χ4n) is 2.27. The van der Waals surface area contributed by atoms with Crippen molar-refractivity contribution in [1.29, 1.82) is 0 Å². The number of aromatic nitrogens is 2. The van der Waals surface area contributed by atoms with Crippen molar-refractivity contribution in [3.8, 4) is 0 Å². The van der Waals surface area contributed by atoms with Gasteiger partial charge in [0.2, 0.25) is 0 Å². The number of benzene rings is 2. The number of nitrogens with zero attached hydrogens (tertiary/aromatic N) is 1. The number of hydrogen-bond acceptors (Lipinski definition) is 3. The third kappa shape index (κ3) is 3.55. The predicted molar refractivity (Wildman–Crippen MR) is 92.2 cm³/mol. The second-order valence-electron chi connectivity index (χ2n) is 5.13. The standard InChI is InChI=1S/C17H15ClN4O2/c18-13-4-2-1-3-12(13)17(24)20-8-7-19-16(23)11-5-6-14-15(9-11)22-10-21-14/h1-6,9-10H,7-8H2,(H,19,23)(H,20,24)(H,21,22). The Morgan fingerprint density at radius 3 is 2.58 bits per heavy atom. The Labute approximate surface area is 143 Å². The molecule has 0 aliphatic rings. The van der Waals surface area contributed by atoms with Gasteiger partial charge in [-0.05, 0) is 30.3 Å². The summed E-state index contributed by atoms with van der Waals surface area (Å²) in [6.45, 7) is 0.623. The number of amides is 2. The quantitative estimate of drug-likeness (QED) is 0.622. The predicted octanol–water partition coefficient (Wildman–Crippen LogP) is 2.38. The molecule has 6 nitrogen and oxygen atoms in total. The van der Waals surface area contributed by atoms with E-state index in [1.807, 2.05) is 0 Å². The highest BCUT2D eigenvalue weighted by Crippen LogP contribution is 2.14. The molecule has 0 atom stereocenters. The van der Waals surface area contributed by atoms with E-state index in [9.17, 15) is 9.59 Å². The van der Waals surface area contributed by atoms with E-state index in [0.717, 1.165) is 11.0 Å². The molecule has 1 heterocycles. The van der Waals surface area contributed by atoms with E-state index in [2.05, 4.69) is 20.6 Å². The number of carbonyl (C=O) groups is 2. The van der Waals surface area contributed by atoms with E-state index in [1.54, 1.807) is 48.8 Å². The summed E-state index contributed by atoms with van der Waals surface area (Å²) in [7, 11) is 0. The van der Waals surface area contributed by atoms with Crippen molar-refractivity contribution in [3.63, 3.8) is 0 Å². The number of H-pyrrole nitrogens is 1. The Kier molecular flexibility index (Phi) is 4.77. The lowest BCUT2D eigenvalue weighted by atomic mass is 10.2. The number of rotatable bonds is 5. The van der Waals surface area contributed by atoms with Crippen LogP contribution in [0.25, 0.3) is 11.0 Å². The van der Waals surface area contributed by atoms with Crippen molar-refractivity contribution >= 4 is 34.4 Å². The molecule has 7 heteroatoms. The number of fused-ring (bicyclic) bond motifs is 1. The van der Waals surface area contributed by atoms with Gasteiger partial charge in [0.15, 0.2) is 0 Å². The average molecular weight is 343 g/mol. The summed E-state index contributed by atoms with van der Waals surface area (Å²) in [5.41, 5.74) is 2.55. The largest absolute Gasteiger partial charge is 0.350 e. The van der Waals surface area contributed by atoms with Crippen LogP contribution in [0.5, 0.6) is 0 Å². The zero-order valence-corrected chi connectivity index (χ0v) is 13.4. The molecule has 0 fully saturated rings. The van der Waals surface area contributed by atoms with Crippen LogP contribution in [0.2, 0.25) is 5.02 Å². The van der Waals surface area contributed by atoms with E-state index in [-0.39, 0.29) is 11.8 Å². The van der Waals surface area contributed by atoms with Gasteiger partial charge in [0.25, 0.3) is 11.8 Å². The molecule has 3 N–H and O–H groups in total. The van der Waals surface area contributed by atoms with Crippen LogP contribution in [0.15, 0.2) is 48.8 Å². The van der Waals surface area contributed by atoms with Crippen molar-refractivity contribution in [2.24, 2.45) is 0 Å². The number of hydrogen-bond donors (Lipinski definition) is 3. The summed E-state index contributed by atoms with van der Waals surface area (Å²) in [6, 6.07) is 12.0. The minimum atomic E-state index is -0.270. The molecule has 3 aromatic rings. The molecule has 1 aromatic heterocycles. The normalized spacial score (nSPS) is 10.5. The van der Waals surface area contributed by atoms with Crippen molar-refractivity contribution in [2.45, 2.75) is 0 Å². The maximum Gasteiger partial charge on any atom is 0.252 e. The monoisotopic (exact) mass is 342 g/mol. The van der Waals surface area contributed by atoms with E-state index in [1.165, 1.54) is 0 Å². The van der Waals surface area contributed by atoms with Gasteiger partial charge in [-0.15, -0.1) is 0 Å². The summed E-state index contributed by atoms with van der Waals surface area (Å²) in [4.78, 5) is 31.1. The second kappa shape index (κ2) is 7.14. The van der Waals surface area contributed by atoms with Gasteiger partial charge in [-0.2, -0.15) is 0 Å². The van der Waals surface area contributed by atoms with Crippen LogP contribution in [0, 0.1) is 0 Å². The first kappa shape index (κ1) is 16.0. The smallest absolute Gasteiger partial charge is 0.252 e. The molecule has 0 aliphatic carbocycles. The van der Waals surface area contributed by atoms with Crippen molar-refractivity contribution in [3.05, 3.63) is 64.9 Å². The molecule has 0 spiro atoms. The number of imidazole rings is 1. The fourth-order valence-corrected chi connectivity index (χ4v) is 2.49. The molecule has 0 radical (unpaired) electrons. The Bertz CT molecular complexity index is 891. The zero-order valence-electron chi connectivity index (χ0n) is 12.7. The maximum atomic E-state index is 12.1. The lowest BCUT2D eigenvalue weighted by Gasteiger charge is -2.08. The molecule has 0 saturated carbocycles. The molecule has 3 rings (SSSR count). The molecular formula is C17H15ClN4O2. The highest BCUT2D eigenvalue weighted by Gasteiger charge is 2.10. The number of aromatic amines is 1. The van der Waals surface area contributed by atoms with Gasteiger partial charge < -0.3 is 15.6 Å². The molecule has 0 bridgehead atoms. The summed E-state index contributed by atoms with van der Waals surface area (Å²) < 4.78 is 0. The lowest BCUT2D eigenvalue weighted by Crippen LogP contribution is -2.34. The lowest BCUT2D eigenvalue weighted by molar-refractivity contribution is 0.0928. The maximum absolute atomic E-state index is 12.1. The van der Waals surface area contributed by atoms with Gasteiger partial charge in [0.05, 0.1) is 27.9 Å². The van der Waals surface area contributed by atoms with Gasteiger partial charge in [-0.1, -0.05) is 23.7 Å². The summed E-state index contributed by atoms with van der Waals surface area (Å²) in [6.07, 6.45) is 1.58. The van der Waals surface area contributed by atoms with Gasteiger partial charge in [0.1, 0.15) is 0 Å². The van der Waals surface area contributed by atoms with E-state index in [0.29, 0.717) is 29.2 Å². The highest BCUT2D eigenvalue weighted by atomic mass is 35.5. The molecule has 0 unspecified atom stereocenters. The number of halogens is 1. The average Bonchev–Trinajstić information content (AvgIpc) is 3.06. The molecule has 0 saturated heterocycles. The van der Waals surface area contributed by atoms with Crippen LogP contribution < -0.4 is 10.6 Å². The Balaban J connectivity index is 1.50.